The summed E-state index contributed by atoms with van der Waals surface area (Å²) >= 11 is 0. The van der Waals surface area contributed by atoms with Crippen LogP contribution in [0, 0.1) is 0 Å². The highest BCUT2D eigenvalue weighted by molar-refractivity contribution is 5.90. The van der Waals surface area contributed by atoms with Crippen LogP contribution >= 0.6 is 0 Å². The summed E-state index contributed by atoms with van der Waals surface area (Å²) in [4.78, 5) is 25.4. The van der Waals surface area contributed by atoms with E-state index in [2.05, 4.69) is 10.2 Å². The molecule has 2 aliphatic rings. The number of rotatable bonds is 14. The van der Waals surface area contributed by atoms with Crippen LogP contribution in [0.15, 0.2) is 48.5 Å². The minimum atomic E-state index is -0.786. The molecule has 2 aromatic carbocycles. The van der Waals surface area contributed by atoms with E-state index < -0.39 is 12.3 Å². The zero-order chi connectivity index (χ0) is 28.3. The molecule has 0 saturated carbocycles. The number of unbranched alkanes of at least 4 members (excludes halogenated alkanes) is 3. The van der Waals surface area contributed by atoms with Gasteiger partial charge in [-0.2, -0.15) is 0 Å². The normalized spacial score (nSPS) is 23.2. The van der Waals surface area contributed by atoms with Gasteiger partial charge < -0.3 is 30.1 Å². The molecule has 0 unspecified atom stereocenters. The molecular weight excluding hydrogens is 512 g/mol. The molecule has 2 aromatic rings. The molecular formula is C31H42N2O7. The van der Waals surface area contributed by atoms with Crippen molar-refractivity contribution in [3.63, 3.8) is 0 Å². The Labute approximate surface area is 236 Å². The minimum Gasteiger partial charge on any atom is -0.481 e. The molecule has 40 heavy (non-hydrogen) atoms. The van der Waals surface area contributed by atoms with Crippen molar-refractivity contribution in [1.29, 1.82) is 0 Å². The number of carboxylic acids is 1. The number of aliphatic hydroxyl groups is 2. The Balaban J connectivity index is 1.40. The first-order valence-corrected chi connectivity index (χ1v) is 14.4. The van der Waals surface area contributed by atoms with Crippen molar-refractivity contribution in [3.8, 4) is 0 Å². The molecule has 9 nitrogen and oxygen atoms in total. The smallest absolute Gasteiger partial charge is 0.303 e. The topological polar surface area (TPSA) is 129 Å². The predicted molar refractivity (Wildman–Crippen MR) is 151 cm³/mol. The van der Waals surface area contributed by atoms with Crippen LogP contribution in [0.25, 0.3) is 0 Å². The first-order valence-electron chi connectivity index (χ1n) is 14.4. The summed E-state index contributed by atoms with van der Waals surface area (Å²) in [6.07, 6.45) is 5.30. The van der Waals surface area contributed by atoms with E-state index in [1.807, 2.05) is 48.5 Å². The van der Waals surface area contributed by atoms with E-state index in [9.17, 15) is 19.8 Å². The number of nitrogens with one attached hydrogen (secondary N) is 1. The van der Waals surface area contributed by atoms with Gasteiger partial charge in [0.25, 0.3) is 0 Å². The highest BCUT2D eigenvalue weighted by atomic mass is 16.7. The Morgan fingerprint density at radius 3 is 2.45 bits per heavy atom. The summed E-state index contributed by atoms with van der Waals surface area (Å²) in [6.45, 7) is 1.77. The highest BCUT2D eigenvalue weighted by Gasteiger charge is 2.35. The first kappa shape index (κ1) is 30.1. The van der Waals surface area contributed by atoms with Gasteiger partial charge in [0.1, 0.15) is 0 Å². The Kier molecular flexibility index (Phi) is 11.5. The third-order valence-electron chi connectivity index (χ3n) is 7.75. The second-order valence-corrected chi connectivity index (χ2v) is 10.8. The summed E-state index contributed by atoms with van der Waals surface area (Å²) in [5, 5.41) is 30.9. The van der Waals surface area contributed by atoms with E-state index in [0.717, 1.165) is 48.9 Å². The maximum atomic E-state index is 12.5. The van der Waals surface area contributed by atoms with Crippen molar-refractivity contribution < 1.29 is 34.4 Å². The van der Waals surface area contributed by atoms with Crippen LogP contribution in [0.5, 0.6) is 0 Å². The van der Waals surface area contributed by atoms with Crippen LogP contribution in [0.2, 0.25) is 0 Å². The number of hydrogen-bond donors (Lipinski definition) is 4. The number of carboxylic acid groups (broad SMARTS) is 1. The zero-order valence-electron chi connectivity index (χ0n) is 23.0. The monoisotopic (exact) mass is 554 g/mol. The molecule has 1 amide bonds. The van der Waals surface area contributed by atoms with Gasteiger partial charge in [0.05, 0.1) is 25.4 Å². The third-order valence-corrected chi connectivity index (χ3v) is 7.75. The lowest BCUT2D eigenvalue weighted by molar-refractivity contribution is -0.253. The van der Waals surface area contributed by atoms with Crippen molar-refractivity contribution >= 4 is 17.6 Å². The number of benzene rings is 2. The molecule has 2 saturated heterocycles. The molecule has 2 aliphatic heterocycles. The van der Waals surface area contributed by atoms with Gasteiger partial charge in [-0.3, -0.25) is 14.5 Å². The van der Waals surface area contributed by atoms with Crippen LogP contribution in [-0.4, -0.2) is 63.9 Å². The van der Waals surface area contributed by atoms with E-state index in [-0.39, 0.29) is 43.8 Å². The van der Waals surface area contributed by atoms with Gasteiger partial charge in [-0.15, -0.1) is 0 Å². The molecule has 9 heteroatoms. The fourth-order valence-corrected chi connectivity index (χ4v) is 5.54. The van der Waals surface area contributed by atoms with Crippen LogP contribution in [-0.2, 0) is 25.7 Å². The van der Waals surface area contributed by atoms with Crippen LogP contribution in [0.1, 0.15) is 86.9 Å². The van der Waals surface area contributed by atoms with Gasteiger partial charge in [-0.05, 0) is 55.5 Å². The summed E-state index contributed by atoms with van der Waals surface area (Å²) in [5.41, 5.74) is 3.35. The number of nitrogens with zero attached hydrogens (tertiary/aromatic N) is 1. The molecule has 0 aliphatic carbocycles. The largest absolute Gasteiger partial charge is 0.481 e. The maximum absolute atomic E-state index is 12.5. The van der Waals surface area contributed by atoms with Crippen LogP contribution in [0.3, 0.4) is 0 Å². The molecule has 0 radical (unpaired) electrons. The molecule has 4 N–H and O–H groups in total. The van der Waals surface area contributed by atoms with Gasteiger partial charge in [0, 0.05) is 43.1 Å². The van der Waals surface area contributed by atoms with E-state index in [1.54, 1.807) is 0 Å². The van der Waals surface area contributed by atoms with Gasteiger partial charge in [0.2, 0.25) is 5.91 Å². The Morgan fingerprint density at radius 2 is 1.73 bits per heavy atom. The third kappa shape index (κ3) is 8.84. The molecule has 218 valence electrons. The van der Waals surface area contributed by atoms with E-state index in [4.69, 9.17) is 14.6 Å². The Morgan fingerprint density at radius 1 is 0.950 bits per heavy atom. The molecule has 0 aromatic heterocycles. The summed E-state index contributed by atoms with van der Waals surface area (Å²) in [7, 11) is 0. The van der Waals surface area contributed by atoms with Crippen molar-refractivity contribution in [3.05, 3.63) is 65.2 Å². The first-order chi connectivity index (χ1) is 19.4. The number of carbonyl (C=O) groups excluding carboxylic acids is 1. The number of aliphatic hydroxyl groups excluding tert-OH is 2. The quantitative estimate of drug-likeness (QED) is 0.251. The Bertz CT molecular complexity index is 1090. The molecule has 0 spiro atoms. The van der Waals surface area contributed by atoms with Crippen LogP contribution in [0.4, 0.5) is 5.69 Å². The van der Waals surface area contributed by atoms with E-state index >= 15 is 0 Å². The Hall–Kier alpha value is -2.82. The number of ether oxygens (including phenoxy) is 2. The van der Waals surface area contributed by atoms with Gasteiger partial charge in [0.15, 0.2) is 6.29 Å². The molecule has 2 fully saturated rings. The maximum Gasteiger partial charge on any atom is 0.303 e. The second kappa shape index (κ2) is 15.3. The van der Waals surface area contributed by atoms with Crippen molar-refractivity contribution in [2.75, 3.05) is 25.0 Å². The predicted octanol–water partition coefficient (Wildman–Crippen LogP) is 4.54. The lowest BCUT2D eigenvalue weighted by Gasteiger charge is -2.38. The lowest BCUT2D eigenvalue weighted by atomic mass is 9.99. The number of likely N-dealkylation sites (tertiary alicyclic amines) is 1. The zero-order valence-corrected chi connectivity index (χ0v) is 23.0. The number of aliphatic carboxylic acids is 1. The lowest BCUT2D eigenvalue weighted by Crippen LogP contribution is -2.42. The summed E-state index contributed by atoms with van der Waals surface area (Å²) in [6, 6.07) is 15.5. The molecule has 0 bridgehead atoms. The standard InChI is InChI=1S/C31H42N2O7/c34-20-22-12-14-23(15-13-22)28-18-27(19-33-16-6-9-26(33)21-35)39-31(40-28)24-7-5-8-25(17-24)32-29(36)10-3-1-2-4-11-30(37)38/h5,7-8,12-15,17,26-28,31,34-35H,1-4,6,9-11,16,18-21H2,(H,32,36)(H,37,38)/t26-,27-,28+,31+/m0/s1. The molecule has 4 atom stereocenters. The molecule has 2 heterocycles. The average Bonchev–Trinajstić information content (AvgIpc) is 3.41. The number of anilines is 1. The fraction of sp³-hybridized carbons (Fsp3) is 0.548. The summed E-state index contributed by atoms with van der Waals surface area (Å²) in [5.74, 6) is -0.865. The second-order valence-electron chi connectivity index (χ2n) is 10.8. The van der Waals surface area contributed by atoms with E-state index in [0.29, 0.717) is 37.9 Å². The fourth-order valence-electron chi connectivity index (χ4n) is 5.54. The molecule has 4 rings (SSSR count). The van der Waals surface area contributed by atoms with Crippen molar-refractivity contribution in [2.45, 2.75) is 88.9 Å². The van der Waals surface area contributed by atoms with Crippen LogP contribution < -0.4 is 5.32 Å². The average molecular weight is 555 g/mol. The van der Waals surface area contributed by atoms with Crippen molar-refractivity contribution in [2.24, 2.45) is 0 Å². The highest BCUT2D eigenvalue weighted by Crippen LogP contribution is 2.39. The minimum absolute atomic E-state index is 0.0130. The number of hydrogen-bond acceptors (Lipinski definition) is 7. The SMILES string of the molecule is O=C(O)CCCCCCC(=O)Nc1cccc([C@@H]2O[C@H](CN3CCC[C@H]3CO)C[C@H](c3ccc(CO)cc3)O2)c1. The summed E-state index contributed by atoms with van der Waals surface area (Å²) < 4.78 is 12.9. The van der Waals surface area contributed by atoms with E-state index in [1.165, 1.54) is 0 Å². The number of carbonyl (C=O) groups is 2. The van der Waals surface area contributed by atoms with Gasteiger partial charge >= 0.3 is 5.97 Å². The van der Waals surface area contributed by atoms with Crippen molar-refractivity contribution in [1.82, 2.24) is 4.90 Å². The number of amides is 1. The van der Waals surface area contributed by atoms with Gasteiger partial charge in [-0.25, -0.2) is 0 Å². The van der Waals surface area contributed by atoms with Gasteiger partial charge in [-0.1, -0.05) is 49.2 Å².